The highest BCUT2D eigenvalue weighted by Crippen LogP contribution is 2.45. The highest BCUT2D eigenvalue weighted by molar-refractivity contribution is 7.26. The second-order valence-corrected chi connectivity index (χ2v) is 9.47. The van der Waals surface area contributed by atoms with Crippen LogP contribution in [0.3, 0.4) is 0 Å². The van der Waals surface area contributed by atoms with Gasteiger partial charge in [0, 0.05) is 48.8 Å². The van der Waals surface area contributed by atoms with Crippen LogP contribution in [0.2, 0.25) is 0 Å². The number of fused-ring (bicyclic) bond motifs is 10. The molecule has 4 heterocycles. The molecule has 8 aromatic rings. The zero-order valence-electron chi connectivity index (χ0n) is 17.0. The Morgan fingerprint density at radius 1 is 0.594 bits per heavy atom. The molecule has 4 aromatic carbocycles. The van der Waals surface area contributed by atoms with Gasteiger partial charge in [-0.2, -0.15) is 0 Å². The minimum atomic E-state index is 1.01. The number of pyridine rings is 1. The molecule has 0 fully saturated rings. The molecule has 0 atom stereocenters. The molecule has 0 aliphatic rings. The van der Waals surface area contributed by atoms with Crippen molar-refractivity contribution in [2.75, 3.05) is 0 Å². The van der Waals surface area contributed by atoms with Crippen LogP contribution in [0.25, 0.3) is 69.5 Å². The summed E-state index contributed by atoms with van der Waals surface area (Å²) in [5, 5.41) is 7.94. The maximum Gasteiger partial charge on any atom is 0.0720 e. The number of aromatic nitrogens is 2. The second-order valence-electron chi connectivity index (χ2n) is 8.42. The van der Waals surface area contributed by atoms with Gasteiger partial charge < -0.3 is 4.40 Å². The summed E-state index contributed by atoms with van der Waals surface area (Å²) in [6.07, 6.45) is 1.86. The lowest BCUT2D eigenvalue weighted by Gasteiger charge is -2.03. The third-order valence-corrected chi connectivity index (χ3v) is 7.98. The van der Waals surface area contributed by atoms with Crippen LogP contribution in [0.1, 0.15) is 0 Å². The summed E-state index contributed by atoms with van der Waals surface area (Å²) in [5.41, 5.74) is 6.08. The summed E-state index contributed by atoms with van der Waals surface area (Å²) in [4.78, 5) is 4.57. The van der Waals surface area contributed by atoms with Gasteiger partial charge in [0.05, 0.1) is 26.9 Å². The van der Waals surface area contributed by atoms with Gasteiger partial charge in [-0.1, -0.05) is 60.7 Å². The standard InChI is InChI=1S/C29H16N2S/c1-2-10-26-18(6-1)22-13-12-21-19-7-5-8-20-23-16-17(24-9-3-4-15-30-24)11-14-25(23)31(27(19)20)28(21)29(22)32-26/h1-16H. The molecule has 0 aliphatic heterocycles. The number of nitrogens with zero attached hydrogens (tertiary/aromatic N) is 2. The summed E-state index contributed by atoms with van der Waals surface area (Å²) < 4.78 is 5.21. The van der Waals surface area contributed by atoms with E-state index in [9.17, 15) is 0 Å². The monoisotopic (exact) mass is 424 g/mol. The van der Waals surface area contributed by atoms with E-state index in [1.807, 2.05) is 29.7 Å². The fourth-order valence-corrected chi connectivity index (χ4v) is 6.67. The lowest BCUT2D eigenvalue weighted by molar-refractivity contribution is 1.33. The maximum absolute atomic E-state index is 4.57. The van der Waals surface area contributed by atoms with E-state index in [-0.39, 0.29) is 0 Å². The van der Waals surface area contributed by atoms with Gasteiger partial charge in [-0.15, -0.1) is 11.3 Å². The minimum Gasteiger partial charge on any atom is -0.307 e. The molecule has 32 heavy (non-hydrogen) atoms. The van der Waals surface area contributed by atoms with E-state index in [1.54, 1.807) is 0 Å². The molecule has 4 aromatic heterocycles. The number of para-hydroxylation sites is 1. The van der Waals surface area contributed by atoms with E-state index in [4.69, 9.17) is 0 Å². The molecule has 0 bridgehead atoms. The average Bonchev–Trinajstić information content (AvgIpc) is 3.50. The topological polar surface area (TPSA) is 17.3 Å². The van der Waals surface area contributed by atoms with Crippen molar-refractivity contribution >= 4 is 69.6 Å². The highest BCUT2D eigenvalue weighted by Gasteiger charge is 2.20. The highest BCUT2D eigenvalue weighted by atomic mass is 32.1. The van der Waals surface area contributed by atoms with E-state index < -0.39 is 0 Å². The number of rotatable bonds is 1. The number of hydrogen-bond acceptors (Lipinski definition) is 2. The Balaban J connectivity index is 1.60. The van der Waals surface area contributed by atoms with Crippen molar-refractivity contribution in [3.8, 4) is 11.3 Å². The molecule has 0 N–H and O–H groups in total. The summed E-state index contributed by atoms with van der Waals surface area (Å²) in [6.45, 7) is 0. The molecule has 0 saturated heterocycles. The van der Waals surface area contributed by atoms with Gasteiger partial charge in [0.25, 0.3) is 0 Å². The molecule has 148 valence electrons. The van der Waals surface area contributed by atoms with Gasteiger partial charge in [-0.3, -0.25) is 4.98 Å². The van der Waals surface area contributed by atoms with Gasteiger partial charge in [0.1, 0.15) is 0 Å². The predicted molar refractivity (Wildman–Crippen MR) is 137 cm³/mol. The normalized spacial score (nSPS) is 12.4. The SMILES string of the molecule is c1ccc(-c2ccc3c(c2)c2cccc4c5ccc6c7ccccc7sc6c5n3c24)nc1. The van der Waals surface area contributed by atoms with Gasteiger partial charge >= 0.3 is 0 Å². The Labute approximate surface area is 187 Å². The lowest BCUT2D eigenvalue weighted by Crippen LogP contribution is -1.84. The van der Waals surface area contributed by atoms with Crippen LogP contribution < -0.4 is 0 Å². The van der Waals surface area contributed by atoms with Gasteiger partial charge in [0.15, 0.2) is 0 Å². The van der Waals surface area contributed by atoms with Crippen LogP contribution in [0.5, 0.6) is 0 Å². The quantitative estimate of drug-likeness (QED) is 0.259. The van der Waals surface area contributed by atoms with Crippen molar-refractivity contribution in [2.45, 2.75) is 0 Å². The second kappa shape index (κ2) is 5.84. The first-order chi connectivity index (χ1) is 15.9. The van der Waals surface area contributed by atoms with Crippen LogP contribution in [-0.4, -0.2) is 9.38 Å². The molecule has 0 aliphatic carbocycles. The first-order valence-electron chi connectivity index (χ1n) is 10.8. The largest absolute Gasteiger partial charge is 0.307 e. The number of thiophene rings is 1. The van der Waals surface area contributed by atoms with Crippen LogP contribution in [0.4, 0.5) is 0 Å². The number of benzene rings is 4. The molecular weight excluding hydrogens is 408 g/mol. The molecule has 8 rings (SSSR count). The third kappa shape index (κ3) is 1.97. The molecule has 0 saturated carbocycles. The van der Waals surface area contributed by atoms with E-state index in [1.165, 1.54) is 58.3 Å². The fourth-order valence-electron chi connectivity index (χ4n) is 5.43. The minimum absolute atomic E-state index is 1.01. The van der Waals surface area contributed by atoms with Gasteiger partial charge in [0.2, 0.25) is 0 Å². The van der Waals surface area contributed by atoms with Crippen LogP contribution in [0, 0.1) is 0 Å². The predicted octanol–water partition coefficient (Wildman–Crippen LogP) is 8.27. The lowest BCUT2D eigenvalue weighted by atomic mass is 10.0. The molecule has 2 nitrogen and oxygen atoms in total. The Bertz CT molecular complexity index is 1980. The molecule has 0 spiro atoms. The van der Waals surface area contributed by atoms with Gasteiger partial charge in [-0.05, 0) is 30.3 Å². The first-order valence-corrected chi connectivity index (χ1v) is 11.6. The van der Waals surface area contributed by atoms with Crippen LogP contribution >= 0.6 is 11.3 Å². The molecule has 0 unspecified atom stereocenters. The Kier molecular flexibility index (Phi) is 3.05. The Morgan fingerprint density at radius 2 is 1.38 bits per heavy atom. The van der Waals surface area contributed by atoms with Crippen molar-refractivity contribution < 1.29 is 0 Å². The van der Waals surface area contributed by atoms with E-state index in [0.29, 0.717) is 0 Å². The first kappa shape index (κ1) is 16.7. The van der Waals surface area contributed by atoms with E-state index in [2.05, 4.69) is 88.2 Å². The van der Waals surface area contributed by atoms with Crippen molar-refractivity contribution in [1.82, 2.24) is 9.38 Å². The third-order valence-electron chi connectivity index (χ3n) is 6.78. The number of hydrogen-bond donors (Lipinski definition) is 0. The van der Waals surface area contributed by atoms with E-state index in [0.717, 1.165) is 11.3 Å². The zero-order valence-corrected chi connectivity index (χ0v) is 17.9. The fraction of sp³-hybridized carbons (Fsp3) is 0. The molecular formula is C29H16N2S. The van der Waals surface area contributed by atoms with Crippen molar-refractivity contribution in [3.05, 3.63) is 97.2 Å². The maximum atomic E-state index is 4.57. The van der Waals surface area contributed by atoms with Crippen molar-refractivity contribution in [3.63, 3.8) is 0 Å². The van der Waals surface area contributed by atoms with Crippen molar-refractivity contribution in [1.29, 1.82) is 0 Å². The molecule has 0 radical (unpaired) electrons. The van der Waals surface area contributed by atoms with Crippen molar-refractivity contribution in [2.24, 2.45) is 0 Å². The molecule has 3 heteroatoms. The van der Waals surface area contributed by atoms with Crippen LogP contribution in [0.15, 0.2) is 97.2 Å². The summed E-state index contributed by atoms with van der Waals surface area (Å²) in [7, 11) is 0. The Morgan fingerprint density at radius 3 is 2.28 bits per heavy atom. The van der Waals surface area contributed by atoms with Gasteiger partial charge in [-0.25, -0.2) is 0 Å². The Hall–Kier alpha value is -3.95. The van der Waals surface area contributed by atoms with Crippen LogP contribution in [-0.2, 0) is 0 Å². The smallest absolute Gasteiger partial charge is 0.0720 e. The molecule has 0 amide bonds. The zero-order chi connectivity index (χ0) is 20.8. The van der Waals surface area contributed by atoms with E-state index >= 15 is 0 Å². The summed E-state index contributed by atoms with van der Waals surface area (Å²) >= 11 is 1.90. The average molecular weight is 425 g/mol. The summed E-state index contributed by atoms with van der Waals surface area (Å²) in [6, 6.07) is 32.9. The summed E-state index contributed by atoms with van der Waals surface area (Å²) in [5.74, 6) is 0.